The summed E-state index contributed by atoms with van der Waals surface area (Å²) in [5.41, 5.74) is 0.654. The monoisotopic (exact) mass is 318 g/mol. The summed E-state index contributed by atoms with van der Waals surface area (Å²) in [4.78, 5) is 0.345. The van der Waals surface area contributed by atoms with E-state index in [9.17, 15) is 4.39 Å². The molecule has 0 bridgehead atoms. The maximum atomic E-state index is 13.7. The average molecular weight is 320 g/mol. The fourth-order valence-electron chi connectivity index (χ4n) is 2.58. The van der Waals surface area contributed by atoms with Crippen molar-refractivity contribution in [2.75, 3.05) is 0 Å². The quantitative estimate of drug-likeness (QED) is 0.657. The van der Waals surface area contributed by atoms with Crippen molar-refractivity contribution in [2.24, 2.45) is 5.92 Å². The van der Waals surface area contributed by atoms with Gasteiger partial charge in [-0.3, -0.25) is 0 Å². The van der Waals surface area contributed by atoms with Crippen LogP contribution in [0, 0.1) is 11.7 Å². The lowest BCUT2D eigenvalue weighted by Gasteiger charge is -2.26. The Balaban J connectivity index is 2.04. The first-order chi connectivity index (χ1) is 8.18. The number of hydrogen-bond donors (Lipinski definition) is 0. The van der Waals surface area contributed by atoms with Crippen LogP contribution in [-0.4, -0.2) is 4.83 Å². The molecule has 1 unspecified atom stereocenters. The SMILES string of the molecule is Fc1cccc(Cl)c1CC(Br)C1CCCCC1. The highest BCUT2D eigenvalue weighted by atomic mass is 79.9. The molecule has 0 radical (unpaired) electrons. The minimum atomic E-state index is -0.183. The molecule has 1 atom stereocenters. The van der Waals surface area contributed by atoms with Gasteiger partial charge in [-0.15, -0.1) is 0 Å². The Bertz CT molecular complexity index is 354. The molecule has 0 amide bonds. The van der Waals surface area contributed by atoms with Crippen LogP contribution in [0.15, 0.2) is 18.2 Å². The highest BCUT2D eigenvalue weighted by molar-refractivity contribution is 9.09. The number of benzene rings is 1. The molecule has 1 saturated carbocycles. The second-order valence-electron chi connectivity index (χ2n) is 4.82. The minimum Gasteiger partial charge on any atom is -0.207 e. The molecule has 3 heteroatoms. The molecule has 0 saturated heterocycles. The Labute approximate surface area is 116 Å². The third kappa shape index (κ3) is 3.45. The zero-order chi connectivity index (χ0) is 12.3. The summed E-state index contributed by atoms with van der Waals surface area (Å²) >= 11 is 9.77. The Kier molecular flexibility index (Phi) is 4.87. The van der Waals surface area contributed by atoms with Gasteiger partial charge in [0.25, 0.3) is 0 Å². The van der Waals surface area contributed by atoms with E-state index < -0.39 is 0 Å². The number of alkyl halides is 1. The minimum absolute atomic E-state index is 0.183. The topological polar surface area (TPSA) is 0 Å². The van der Waals surface area contributed by atoms with Gasteiger partial charge in [0.15, 0.2) is 0 Å². The number of hydrogen-bond acceptors (Lipinski definition) is 0. The van der Waals surface area contributed by atoms with Crippen LogP contribution in [0.1, 0.15) is 37.7 Å². The lowest BCUT2D eigenvalue weighted by molar-refractivity contribution is 0.349. The third-order valence-electron chi connectivity index (χ3n) is 3.62. The van der Waals surface area contributed by atoms with Crippen molar-refractivity contribution in [1.29, 1.82) is 0 Å². The lowest BCUT2D eigenvalue weighted by atomic mass is 9.85. The van der Waals surface area contributed by atoms with E-state index in [4.69, 9.17) is 11.6 Å². The predicted octanol–water partition coefficient (Wildman–Crippen LogP) is 5.37. The van der Waals surface area contributed by atoms with Crippen molar-refractivity contribution in [2.45, 2.75) is 43.4 Å². The maximum absolute atomic E-state index is 13.7. The molecule has 0 heterocycles. The lowest BCUT2D eigenvalue weighted by Crippen LogP contribution is -2.20. The Morgan fingerprint density at radius 3 is 2.65 bits per heavy atom. The van der Waals surface area contributed by atoms with Crippen molar-refractivity contribution < 1.29 is 4.39 Å². The molecule has 0 spiro atoms. The van der Waals surface area contributed by atoms with Crippen LogP contribution in [0.2, 0.25) is 5.02 Å². The molecule has 1 aliphatic rings. The number of rotatable bonds is 3. The van der Waals surface area contributed by atoms with Crippen LogP contribution in [0.3, 0.4) is 0 Å². The van der Waals surface area contributed by atoms with Gasteiger partial charge in [0.2, 0.25) is 0 Å². The van der Waals surface area contributed by atoms with E-state index in [1.54, 1.807) is 12.1 Å². The summed E-state index contributed by atoms with van der Waals surface area (Å²) in [7, 11) is 0. The van der Waals surface area contributed by atoms with E-state index >= 15 is 0 Å². The number of halogens is 3. The fraction of sp³-hybridized carbons (Fsp3) is 0.571. The van der Waals surface area contributed by atoms with Gasteiger partial charge >= 0.3 is 0 Å². The molecule has 1 aromatic rings. The molecule has 1 aromatic carbocycles. The van der Waals surface area contributed by atoms with Crippen LogP contribution in [-0.2, 0) is 6.42 Å². The zero-order valence-corrected chi connectivity index (χ0v) is 12.1. The van der Waals surface area contributed by atoms with Gasteiger partial charge in [-0.2, -0.15) is 0 Å². The van der Waals surface area contributed by atoms with Gasteiger partial charge in [0, 0.05) is 15.4 Å². The summed E-state index contributed by atoms with van der Waals surface area (Å²) in [6.45, 7) is 0. The highest BCUT2D eigenvalue weighted by Crippen LogP contribution is 2.33. The van der Waals surface area contributed by atoms with E-state index in [2.05, 4.69) is 15.9 Å². The first-order valence-corrected chi connectivity index (χ1v) is 7.55. The fourth-order valence-corrected chi connectivity index (χ4v) is 3.68. The Morgan fingerprint density at radius 2 is 2.00 bits per heavy atom. The van der Waals surface area contributed by atoms with Crippen LogP contribution in [0.4, 0.5) is 4.39 Å². The van der Waals surface area contributed by atoms with Crippen LogP contribution >= 0.6 is 27.5 Å². The molecular weight excluding hydrogens is 303 g/mol. The molecular formula is C14H17BrClF. The van der Waals surface area contributed by atoms with Gasteiger partial charge in [-0.25, -0.2) is 4.39 Å². The molecule has 1 fully saturated rings. The van der Waals surface area contributed by atoms with E-state index in [0.717, 1.165) is 0 Å². The van der Waals surface area contributed by atoms with Crippen LogP contribution in [0.5, 0.6) is 0 Å². The van der Waals surface area contributed by atoms with Crippen molar-refractivity contribution >= 4 is 27.5 Å². The van der Waals surface area contributed by atoms with Gasteiger partial charge < -0.3 is 0 Å². The summed E-state index contributed by atoms with van der Waals surface area (Å²) in [6, 6.07) is 4.91. The summed E-state index contributed by atoms with van der Waals surface area (Å²) in [6.07, 6.45) is 7.15. The normalized spacial score (nSPS) is 19.2. The molecule has 0 aliphatic heterocycles. The molecule has 1 aliphatic carbocycles. The molecule has 0 nitrogen and oxygen atoms in total. The zero-order valence-electron chi connectivity index (χ0n) is 9.76. The van der Waals surface area contributed by atoms with Gasteiger partial charge in [-0.05, 0) is 37.3 Å². The smallest absolute Gasteiger partial charge is 0.127 e. The highest BCUT2D eigenvalue weighted by Gasteiger charge is 2.23. The summed E-state index contributed by atoms with van der Waals surface area (Å²) in [5, 5.41) is 0.547. The molecule has 0 N–H and O–H groups in total. The predicted molar refractivity (Wildman–Crippen MR) is 74.4 cm³/mol. The van der Waals surface area contributed by atoms with Gasteiger partial charge in [0.05, 0.1) is 0 Å². The summed E-state index contributed by atoms with van der Waals surface area (Å²) < 4.78 is 13.7. The maximum Gasteiger partial charge on any atom is 0.127 e. The van der Waals surface area contributed by atoms with E-state index in [1.807, 2.05) is 0 Å². The van der Waals surface area contributed by atoms with Gasteiger partial charge in [0.1, 0.15) is 5.82 Å². The Morgan fingerprint density at radius 1 is 1.29 bits per heavy atom. The van der Waals surface area contributed by atoms with E-state index in [1.165, 1.54) is 38.2 Å². The van der Waals surface area contributed by atoms with Crippen molar-refractivity contribution in [1.82, 2.24) is 0 Å². The van der Waals surface area contributed by atoms with Gasteiger partial charge in [-0.1, -0.05) is 52.9 Å². The molecule has 17 heavy (non-hydrogen) atoms. The molecule has 0 aromatic heterocycles. The first kappa shape index (κ1) is 13.4. The van der Waals surface area contributed by atoms with E-state index in [-0.39, 0.29) is 5.82 Å². The average Bonchev–Trinajstić information content (AvgIpc) is 2.35. The van der Waals surface area contributed by atoms with Crippen molar-refractivity contribution in [3.63, 3.8) is 0 Å². The van der Waals surface area contributed by atoms with E-state index in [0.29, 0.717) is 27.8 Å². The second-order valence-corrected chi connectivity index (χ2v) is 6.40. The van der Waals surface area contributed by atoms with Crippen LogP contribution < -0.4 is 0 Å². The van der Waals surface area contributed by atoms with Crippen molar-refractivity contribution in [3.8, 4) is 0 Å². The largest absolute Gasteiger partial charge is 0.207 e. The Hall–Kier alpha value is -0.0800. The summed E-state index contributed by atoms with van der Waals surface area (Å²) in [5.74, 6) is 0.484. The van der Waals surface area contributed by atoms with Crippen molar-refractivity contribution in [3.05, 3.63) is 34.6 Å². The first-order valence-electron chi connectivity index (χ1n) is 6.25. The second kappa shape index (κ2) is 6.19. The standard InChI is InChI=1S/C14H17BrClF/c15-12(10-5-2-1-3-6-10)9-11-13(16)7-4-8-14(11)17/h4,7-8,10,12H,1-3,5-6,9H2. The molecule has 2 rings (SSSR count). The third-order valence-corrected chi connectivity index (χ3v) is 5.05. The molecule has 94 valence electrons. The van der Waals surface area contributed by atoms with Crippen LogP contribution in [0.25, 0.3) is 0 Å².